The van der Waals surface area contributed by atoms with Gasteiger partial charge in [-0.3, -0.25) is 0 Å². The molecule has 19 heavy (non-hydrogen) atoms. The zero-order valence-corrected chi connectivity index (χ0v) is 11.6. The van der Waals surface area contributed by atoms with Crippen molar-refractivity contribution in [1.82, 2.24) is 20.0 Å². The summed E-state index contributed by atoms with van der Waals surface area (Å²) in [7, 11) is 3.54. The lowest BCUT2D eigenvalue weighted by atomic mass is 9.77. The molecule has 100 valence electrons. The zero-order chi connectivity index (χ0) is 13.4. The third-order valence-corrected chi connectivity index (χ3v) is 3.77. The van der Waals surface area contributed by atoms with Crippen molar-refractivity contribution < 1.29 is 4.74 Å². The normalized spacial score (nSPS) is 22.3. The van der Waals surface area contributed by atoms with Crippen molar-refractivity contribution in [2.24, 2.45) is 7.05 Å². The maximum Gasteiger partial charge on any atom is 0.131 e. The Morgan fingerprint density at radius 2 is 2.11 bits per heavy atom. The largest absolute Gasteiger partial charge is 0.381 e. The monoisotopic (exact) mass is 278 g/mol. The first-order valence-corrected chi connectivity index (χ1v) is 6.60. The van der Waals surface area contributed by atoms with Crippen molar-refractivity contribution in [2.45, 2.75) is 24.9 Å². The van der Waals surface area contributed by atoms with Gasteiger partial charge in [0.05, 0.1) is 18.0 Å². The van der Waals surface area contributed by atoms with Crippen LogP contribution in [0.4, 0.5) is 0 Å². The van der Waals surface area contributed by atoms with E-state index in [1.807, 2.05) is 12.1 Å². The molecule has 0 atom stereocenters. The van der Waals surface area contributed by atoms with E-state index >= 15 is 0 Å². The molecule has 2 aromatic rings. The topological polar surface area (TPSA) is 52.8 Å². The first-order chi connectivity index (χ1) is 9.15. The highest BCUT2D eigenvalue weighted by atomic mass is 35.5. The van der Waals surface area contributed by atoms with Crippen molar-refractivity contribution in [3.05, 3.63) is 29.0 Å². The van der Waals surface area contributed by atoms with Gasteiger partial charge in [0, 0.05) is 14.2 Å². The third kappa shape index (κ3) is 2.48. The zero-order valence-electron chi connectivity index (χ0n) is 10.9. The number of hydrogen-bond acceptors (Lipinski definition) is 4. The molecule has 3 rings (SSSR count). The Hall–Kier alpha value is -1.46. The lowest BCUT2D eigenvalue weighted by Crippen LogP contribution is -2.28. The van der Waals surface area contributed by atoms with Crippen LogP contribution in [0.2, 0.25) is 5.15 Å². The average molecular weight is 279 g/mol. The summed E-state index contributed by atoms with van der Waals surface area (Å²) in [5.74, 6) is 0.501. The van der Waals surface area contributed by atoms with Crippen molar-refractivity contribution in [2.75, 3.05) is 7.11 Å². The van der Waals surface area contributed by atoms with E-state index in [4.69, 9.17) is 16.3 Å². The molecule has 0 aliphatic heterocycles. The molecule has 1 aliphatic rings. The van der Waals surface area contributed by atoms with E-state index < -0.39 is 0 Å². The molecule has 0 aromatic carbocycles. The summed E-state index contributed by atoms with van der Waals surface area (Å²) in [6.07, 6.45) is 4.14. The molecule has 0 bridgehead atoms. The van der Waals surface area contributed by atoms with Crippen molar-refractivity contribution >= 4 is 11.6 Å². The van der Waals surface area contributed by atoms with E-state index in [0.717, 1.165) is 24.2 Å². The Morgan fingerprint density at radius 3 is 2.74 bits per heavy atom. The van der Waals surface area contributed by atoms with Gasteiger partial charge in [0.1, 0.15) is 10.8 Å². The highest BCUT2D eigenvalue weighted by Gasteiger charge is 2.30. The molecule has 2 heterocycles. The van der Waals surface area contributed by atoms with Crippen LogP contribution in [0.5, 0.6) is 0 Å². The van der Waals surface area contributed by atoms with Gasteiger partial charge in [0.25, 0.3) is 0 Å². The van der Waals surface area contributed by atoms with Gasteiger partial charge in [-0.2, -0.15) is 15.0 Å². The number of aromatic nitrogens is 4. The number of ether oxygens (including phenoxy) is 1. The van der Waals surface area contributed by atoms with Crippen LogP contribution in [0.25, 0.3) is 11.4 Å². The van der Waals surface area contributed by atoms with Crippen molar-refractivity contribution in [3.63, 3.8) is 0 Å². The van der Waals surface area contributed by atoms with E-state index in [9.17, 15) is 0 Å². The van der Waals surface area contributed by atoms with E-state index in [0.29, 0.717) is 17.2 Å². The van der Waals surface area contributed by atoms with Gasteiger partial charge in [0.2, 0.25) is 0 Å². The summed E-state index contributed by atoms with van der Waals surface area (Å²) in [4.78, 5) is 5.83. The Kier molecular flexibility index (Phi) is 3.24. The number of rotatable bonds is 3. The molecule has 6 heteroatoms. The van der Waals surface area contributed by atoms with Gasteiger partial charge < -0.3 is 4.74 Å². The van der Waals surface area contributed by atoms with Crippen LogP contribution in [-0.4, -0.2) is 33.2 Å². The van der Waals surface area contributed by atoms with Crippen LogP contribution in [0.15, 0.2) is 18.3 Å². The summed E-state index contributed by atoms with van der Waals surface area (Å²) in [6.45, 7) is 0. The Labute approximate surface area is 116 Å². The Bertz CT molecular complexity index is 592. The minimum atomic E-state index is 0.372. The van der Waals surface area contributed by atoms with Crippen LogP contribution < -0.4 is 0 Å². The first-order valence-electron chi connectivity index (χ1n) is 6.22. The van der Waals surface area contributed by atoms with Gasteiger partial charge in [-0.15, -0.1) is 0 Å². The summed E-state index contributed by atoms with van der Waals surface area (Å²) in [5, 5.41) is 8.82. The molecule has 0 amide bonds. The summed E-state index contributed by atoms with van der Waals surface area (Å²) >= 11 is 6.10. The van der Waals surface area contributed by atoms with Crippen LogP contribution in [0.3, 0.4) is 0 Å². The molecular formula is C13H15ClN4O. The van der Waals surface area contributed by atoms with E-state index in [1.54, 1.807) is 20.4 Å². The molecule has 0 unspecified atom stereocenters. The minimum absolute atomic E-state index is 0.372. The smallest absolute Gasteiger partial charge is 0.131 e. The first kappa shape index (κ1) is 12.6. The summed E-state index contributed by atoms with van der Waals surface area (Å²) in [6, 6.07) is 3.98. The molecular weight excluding hydrogens is 264 g/mol. The number of halogens is 1. The highest BCUT2D eigenvalue weighted by Crippen LogP contribution is 2.39. The SMILES string of the molecule is COC1CC(c2cc(Cl)nc(-c3cnn(C)n3)c2)C1. The number of nitrogens with zero attached hydrogens (tertiary/aromatic N) is 4. The molecule has 5 nitrogen and oxygen atoms in total. The van der Waals surface area contributed by atoms with Crippen LogP contribution in [0, 0.1) is 0 Å². The number of methoxy groups -OCH3 is 1. The Morgan fingerprint density at radius 1 is 1.32 bits per heavy atom. The average Bonchev–Trinajstić information content (AvgIpc) is 2.74. The van der Waals surface area contributed by atoms with E-state index in [1.165, 1.54) is 10.4 Å². The van der Waals surface area contributed by atoms with Crippen molar-refractivity contribution in [1.29, 1.82) is 0 Å². The molecule has 2 aromatic heterocycles. The van der Waals surface area contributed by atoms with E-state index in [-0.39, 0.29) is 0 Å². The van der Waals surface area contributed by atoms with Gasteiger partial charge in [-0.1, -0.05) is 11.6 Å². The van der Waals surface area contributed by atoms with E-state index in [2.05, 4.69) is 15.2 Å². The summed E-state index contributed by atoms with van der Waals surface area (Å²) < 4.78 is 5.31. The molecule has 0 radical (unpaired) electrons. The fraction of sp³-hybridized carbons (Fsp3) is 0.462. The fourth-order valence-electron chi connectivity index (χ4n) is 2.38. The summed E-state index contributed by atoms with van der Waals surface area (Å²) in [5.41, 5.74) is 2.72. The third-order valence-electron chi connectivity index (χ3n) is 3.58. The molecule has 0 spiro atoms. The van der Waals surface area contributed by atoms with Gasteiger partial charge in [0.15, 0.2) is 0 Å². The second-order valence-electron chi connectivity index (χ2n) is 4.85. The molecule has 1 fully saturated rings. The Balaban J connectivity index is 1.89. The standard InChI is InChI=1S/C13H15ClN4O/c1-18-15-7-12(17-18)11-5-9(6-13(14)16-11)8-3-10(4-8)19-2/h5-8,10H,3-4H2,1-2H3. The molecule has 1 saturated carbocycles. The number of aryl methyl sites for hydroxylation is 1. The molecule has 0 saturated heterocycles. The second kappa shape index (κ2) is 4.90. The van der Waals surface area contributed by atoms with Gasteiger partial charge in [-0.25, -0.2) is 4.98 Å². The maximum absolute atomic E-state index is 6.10. The predicted octanol–water partition coefficient (Wildman–Crippen LogP) is 2.42. The van der Waals surface area contributed by atoms with Crippen LogP contribution in [-0.2, 0) is 11.8 Å². The van der Waals surface area contributed by atoms with Gasteiger partial charge in [-0.05, 0) is 36.5 Å². The fourth-order valence-corrected chi connectivity index (χ4v) is 2.59. The van der Waals surface area contributed by atoms with Crippen LogP contribution >= 0.6 is 11.6 Å². The number of hydrogen-bond donors (Lipinski definition) is 0. The lowest BCUT2D eigenvalue weighted by molar-refractivity contribution is 0.0258. The maximum atomic E-state index is 6.10. The molecule has 0 N–H and O–H groups in total. The second-order valence-corrected chi connectivity index (χ2v) is 5.24. The number of pyridine rings is 1. The predicted molar refractivity (Wildman–Crippen MR) is 72.0 cm³/mol. The van der Waals surface area contributed by atoms with Crippen molar-refractivity contribution in [3.8, 4) is 11.4 Å². The molecule has 1 aliphatic carbocycles. The lowest BCUT2D eigenvalue weighted by Gasteiger charge is -2.34. The minimum Gasteiger partial charge on any atom is -0.381 e. The highest BCUT2D eigenvalue weighted by molar-refractivity contribution is 6.29. The quantitative estimate of drug-likeness (QED) is 0.809. The van der Waals surface area contributed by atoms with Crippen LogP contribution in [0.1, 0.15) is 24.3 Å². The van der Waals surface area contributed by atoms with Gasteiger partial charge >= 0.3 is 0 Å².